The number of nitrogens with zero attached hydrogens (tertiary/aromatic N) is 1. The largest absolute Gasteiger partial charge is 0.286 e. The Hall–Kier alpha value is 0.640. The second kappa shape index (κ2) is 3.59. The first-order valence-electron chi connectivity index (χ1n) is 5.21. The van der Waals surface area contributed by atoms with Gasteiger partial charge < -0.3 is 0 Å². The average Bonchev–Trinajstić information content (AvgIpc) is 2.27. The second-order valence-corrected chi connectivity index (χ2v) is 8.48. The van der Waals surface area contributed by atoms with E-state index in [0.29, 0.717) is 0 Å². The van der Waals surface area contributed by atoms with Gasteiger partial charge in [0.2, 0.25) is 0 Å². The van der Waals surface area contributed by atoms with Crippen molar-refractivity contribution in [2.45, 2.75) is 52.6 Å². The minimum atomic E-state index is -0.629. The molecular weight excluding hydrogens is 215 g/mol. The molecule has 1 fully saturated rings. The quantitative estimate of drug-likeness (QED) is 0.637. The van der Waals surface area contributed by atoms with E-state index in [0.717, 1.165) is 17.3 Å². The van der Waals surface area contributed by atoms with Gasteiger partial charge in [-0.2, -0.15) is 0 Å². The van der Waals surface area contributed by atoms with Crippen LogP contribution in [0.5, 0.6) is 0 Å². The van der Waals surface area contributed by atoms with Crippen molar-refractivity contribution in [2.75, 3.05) is 13.1 Å². The maximum atomic E-state index is 6.53. The summed E-state index contributed by atoms with van der Waals surface area (Å²) in [5.74, 6) is 0. The van der Waals surface area contributed by atoms with Gasteiger partial charge in [-0.1, -0.05) is 0 Å². The van der Waals surface area contributed by atoms with Crippen LogP contribution in [0.2, 0.25) is 0 Å². The van der Waals surface area contributed by atoms with E-state index < -0.39 is 7.58 Å². The first-order chi connectivity index (χ1) is 6.13. The molecule has 0 aromatic heterocycles. The number of quaternary nitrogens is 1. The summed E-state index contributed by atoms with van der Waals surface area (Å²) in [6.45, 7) is 16.0. The SMILES string of the molecule is CC(C)(C)[N+]1(C(C)(C)C)CCNP1Cl. The standard InChI is InChI=1S/C10H23ClN2P/c1-9(2,3)13(10(4,5)6)8-7-12-14(13)11/h12H,7-8H2,1-6H3/q+1. The topological polar surface area (TPSA) is 12.0 Å². The molecule has 0 spiro atoms. The van der Waals surface area contributed by atoms with Gasteiger partial charge in [-0.25, -0.2) is 5.09 Å². The Kier molecular flexibility index (Phi) is 3.26. The van der Waals surface area contributed by atoms with Crippen LogP contribution >= 0.6 is 18.8 Å². The number of halogens is 1. The molecule has 1 unspecified atom stereocenters. The summed E-state index contributed by atoms with van der Waals surface area (Å²) in [5, 5.41) is 3.43. The molecule has 4 heteroatoms. The van der Waals surface area contributed by atoms with Crippen molar-refractivity contribution in [1.29, 1.82) is 0 Å². The third kappa shape index (κ3) is 1.71. The Morgan fingerprint density at radius 3 is 1.64 bits per heavy atom. The summed E-state index contributed by atoms with van der Waals surface area (Å²) in [5.41, 5.74) is 0.407. The molecule has 1 rings (SSSR count). The van der Waals surface area contributed by atoms with Gasteiger partial charge in [0.1, 0.15) is 0 Å². The van der Waals surface area contributed by atoms with Gasteiger partial charge in [-0.15, -0.1) is 0 Å². The lowest BCUT2D eigenvalue weighted by Gasteiger charge is -2.54. The smallest absolute Gasteiger partial charge is 0.275 e. The highest BCUT2D eigenvalue weighted by atomic mass is 35.7. The molecule has 2 nitrogen and oxygen atoms in total. The van der Waals surface area contributed by atoms with Crippen LogP contribution in [0.25, 0.3) is 0 Å². The molecule has 1 aliphatic heterocycles. The highest BCUT2D eigenvalue weighted by molar-refractivity contribution is 7.77. The minimum absolute atomic E-state index is 0.204. The molecule has 1 atom stereocenters. The molecule has 0 aromatic carbocycles. The van der Waals surface area contributed by atoms with Gasteiger partial charge in [-0.3, -0.25) is 4.25 Å². The molecule has 1 heterocycles. The van der Waals surface area contributed by atoms with Crippen molar-refractivity contribution in [1.82, 2.24) is 5.09 Å². The molecule has 14 heavy (non-hydrogen) atoms. The van der Waals surface area contributed by atoms with Crippen LogP contribution in [-0.2, 0) is 0 Å². The van der Waals surface area contributed by atoms with E-state index in [1.165, 1.54) is 0 Å². The molecule has 84 valence electrons. The fraction of sp³-hybridized carbons (Fsp3) is 1.00. The van der Waals surface area contributed by atoms with Gasteiger partial charge in [-0.05, 0) is 52.8 Å². The van der Waals surface area contributed by atoms with Crippen molar-refractivity contribution in [3.63, 3.8) is 0 Å². The molecule has 1 N–H and O–H groups in total. The van der Waals surface area contributed by atoms with Crippen molar-refractivity contribution in [3.8, 4) is 0 Å². The van der Waals surface area contributed by atoms with E-state index in [1.807, 2.05) is 0 Å². The summed E-state index contributed by atoms with van der Waals surface area (Å²) in [4.78, 5) is 0. The first kappa shape index (κ1) is 12.7. The van der Waals surface area contributed by atoms with Gasteiger partial charge in [0.25, 0.3) is 7.58 Å². The van der Waals surface area contributed by atoms with Gasteiger partial charge in [0, 0.05) is 0 Å². The summed E-state index contributed by atoms with van der Waals surface area (Å²) < 4.78 is 0.997. The monoisotopic (exact) mass is 237 g/mol. The lowest BCUT2D eigenvalue weighted by molar-refractivity contribution is -0.895. The Morgan fingerprint density at radius 2 is 1.50 bits per heavy atom. The molecule has 0 aromatic rings. The third-order valence-corrected chi connectivity index (χ3v) is 6.81. The van der Waals surface area contributed by atoms with Crippen LogP contribution < -0.4 is 5.09 Å². The van der Waals surface area contributed by atoms with Crippen molar-refractivity contribution >= 4 is 18.8 Å². The molecular formula is C10H23ClN2P+. The second-order valence-electron chi connectivity index (χ2n) is 6.00. The summed E-state index contributed by atoms with van der Waals surface area (Å²) >= 11 is 6.53. The highest BCUT2D eigenvalue weighted by Crippen LogP contribution is 2.61. The predicted molar refractivity (Wildman–Crippen MR) is 65.4 cm³/mol. The fourth-order valence-corrected chi connectivity index (χ4v) is 6.41. The lowest BCUT2D eigenvalue weighted by atomic mass is 9.96. The van der Waals surface area contributed by atoms with Gasteiger partial charge >= 0.3 is 0 Å². The number of rotatable bonds is 0. The molecule has 0 bridgehead atoms. The van der Waals surface area contributed by atoms with Crippen LogP contribution in [0, 0.1) is 0 Å². The summed E-state index contributed by atoms with van der Waals surface area (Å²) in [7, 11) is -0.629. The lowest BCUT2D eigenvalue weighted by Crippen LogP contribution is -2.63. The summed E-state index contributed by atoms with van der Waals surface area (Å²) in [6.07, 6.45) is 0. The van der Waals surface area contributed by atoms with Crippen LogP contribution in [0.3, 0.4) is 0 Å². The zero-order valence-corrected chi connectivity index (χ0v) is 11.8. The Bertz CT molecular complexity index is 203. The van der Waals surface area contributed by atoms with Crippen LogP contribution in [-0.4, -0.2) is 28.4 Å². The number of nitrogens with one attached hydrogen (secondary N) is 1. The molecule has 0 amide bonds. The predicted octanol–water partition coefficient (Wildman–Crippen LogP) is 3.47. The Morgan fingerprint density at radius 1 is 1.07 bits per heavy atom. The number of hydrogen-bond donors (Lipinski definition) is 1. The Labute approximate surface area is 94.2 Å². The van der Waals surface area contributed by atoms with Gasteiger partial charge in [0.15, 0.2) is 0 Å². The van der Waals surface area contributed by atoms with Crippen molar-refractivity contribution in [2.24, 2.45) is 0 Å². The highest BCUT2D eigenvalue weighted by Gasteiger charge is 2.57. The molecule has 0 aliphatic carbocycles. The van der Waals surface area contributed by atoms with Crippen LogP contribution in [0.4, 0.5) is 0 Å². The van der Waals surface area contributed by atoms with E-state index in [1.54, 1.807) is 0 Å². The van der Waals surface area contributed by atoms with E-state index in [4.69, 9.17) is 11.2 Å². The minimum Gasteiger partial charge on any atom is -0.275 e. The van der Waals surface area contributed by atoms with E-state index >= 15 is 0 Å². The molecule has 0 saturated carbocycles. The maximum absolute atomic E-state index is 6.53. The van der Waals surface area contributed by atoms with Crippen molar-refractivity contribution < 1.29 is 4.25 Å². The van der Waals surface area contributed by atoms with Crippen molar-refractivity contribution in [3.05, 3.63) is 0 Å². The summed E-state index contributed by atoms with van der Waals surface area (Å²) in [6, 6.07) is 0. The van der Waals surface area contributed by atoms with Gasteiger partial charge in [0.05, 0.1) is 24.2 Å². The zero-order valence-electron chi connectivity index (χ0n) is 10.2. The number of hydrogen-bond acceptors (Lipinski definition) is 1. The Balaban J connectivity index is 3.16. The first-order valence-corrected chi connectivity index (χ1v) is 7.41. The molecule has 0 radical (unpaired) electrons. The zero-order chi connectivity index (χ0) is 11.2. The average molecular weight is 238 g/mol. The molecule has 1 saturated heterocycles. The van der Waals surface area contributed by atoms with Crippen LogP contribution in [0.1, 0.15) is 41.5 Å². The van der Waals surface area contributed by atoms with E-state index in [-0.39, 0.29) is 11.1 Å². The van der Waals surface area contributed by atoms with E-state index in [9.17, 15) is 0 Å². The fourth-order valence-electron chi connectivity index (χ4n) is 2.72. The third-order valence-electron chi connectivity index (χ3n) is 3.20. The normalized spacial score (nSPS) is 28.1. The van der Waals surface area contributed by atoms with Crippen LogP contribution in [0.15, 0.2) is 0 Å². The molecule has 1 aliphatic rings. The van der Waals surface area contributed by atoms with E-state index in [2.05, 4.69) is 46.6 Å². The maximum Gasteiger partial charge on any atom is 0.286 e.